The van der Waals surface area contributed by atoms with E-state index in [0.717, 1.165) is 27.8 Å². The SMILES string of the molecule is CCOC(CN(C)C(=O)C(Cc1ccc(Cl)cc1)NC(=O)OCC1c2ccccc2-c2ccccc21)OCC. The van der Waals surface area contributed by atoms with Crippen molar-refractivity contribution in [3.63, 3.8) is 0 Å². The molecule has 206 valence electrons. The molecule has 0 saturated carbocycles. The predicted molar refractivity (Wildman–Crippen MR) is 152 cm³/mol. The Kier molecular flexibility index (Phi) is 9.98. The number of alkyl carbamates (subject to hydrolysis) is 1. The molecule has 2 amide bonds. The number of benzene rings is 3. The number of rotatable bonds is 12. The third kappa shape index (κ3) is 7.18. The highest BCUT2D eigenvalue weighted by atomic mass is 35.5. The second-order valence-electron chi connectivity index (χ2n) is 9.41. The third-order valence-electron chi connectivity index (χ3n) is 6.79. The topological polar surface area (TPSA) is 77.1 Å². The quantitative estimate of drug-likeness (QED) is 0.295. The van der Waals surface area contributed by atoms with Gasteiger partial charge in [0.05, 0.1) is 6.54 Å². The molecule has 0 saturated heterocycles. The molecular weight excluding hydrogens is 516 g/mol. The number of amides is 2. The van der Waals surface area contributed by atoms with Gasteiger partial charge in [-0.3, -0.25) is 4.79 Å². The van der Waals surface area contributed by atoms with Crippen molar-refractivity contribution in [3.8, 4) is 11.1 Å². The summed E-state index contributed by atoms with van der Waals surface area (Å²) in [5.41, 5.74) is 5.41. The average Bonchev–Trinajstić information content (AvgIpc) is 3.26. The Morgan fingerprint density at radius 1 is 0.897 bits per heavy atom. The van der Waals surface area contributed by atoms with Crippen LogP contribution in [0.25, 0.3) is 11.1 Å². The van der Waals surface area contributed by atoms with Crippen molar-refractivity contribution in [2.45, 2.75) is 38.5 Å². The van der Waals surface area contributed by atoms with Gasteiger partial charge < -0.3 is 24.4 Å². The van der Waals surface area contributed by atoms with E-state index in [4.69, 9.17) is 25.8 Å². The lowest BCUT2D eigenvalue weighted by Gasteiger charge is -2.28. The Morgan fingerprint density at radius 3 is 2.03 bits per heavy atom. The summed E-state index contributed by atoms with van der Waals surface area (Å²) in [6, 6.07) is 22.7. The Morgan fingerprint density at radius 2 is 1.46 bits per heavy atom. The van der Waals surface area contributed by atoms with Crippen LogP contribution in [0.15, 0.2) is 72.8 Å². The molecule has 39 heavy (non-hydrogen) atoms. The van der Waals surface area contributed by atoms with E-state index in [9.17, 15) is 9.59 Å². The second-order valence-corrected chi connectivity index (χ2v) is 9.85. The lowest BCUT2D eigenvalue weighted by molar-refractivity contribution is -0.157. The van der Waals surface area contributed by atoms with Gasteiger partial charge in [-0.2, -0.15) is 0 Å². The summed E-state index contributed by atoms with van der Waals surface area (Å²) in [4.78, 5) is 28.1. The first-order valence-corrected chi connectivity index (χ1v) is 13.6. The Labute approximate surface area is 235 Å². The fraction of sp³-hybridized carbons (Fsp3) is 0.355. The van der Waals surface area contributed by atoms with Crippen LogP contribution in [0.4, 0.5) is 4.79 Å². The molecule has 0 radical (unpaired) electrons. The monoisotopic (exact) mass is 550 g/mol. The number of nitrogens with zero attached hydrogens (tertiary/aromatic N) is 1. The zero-order chi connectivity index (χ0) is 27.8. The van der Waals surface area contributed by atoms with Crippen molar-refractivity contribution in [1.82, 2.24) is 10.2 Å². The van der Waals surface area contributed by atoms with E-state index < -0.39 is 18.4 Å². The number of likely N-dealkylation sites (N-methyl/N-ethyl adjacent to an activating group) is 1. The number of carbonyl (C=O) groups is 2. The van der Waals surface area contributed by atoms with E-state index in [1.807, 2.05) is 50.2 Å². The molecule has 4 rings (SSSR count). The number of fused-ring (bicyclic) bond motifs is 3. The molecule has 0 fully saturated rings. The summed E-state index contributed by atoms with van der Waals surface area (Å²) in [7, 11) is 1.67. The van der Waals surface area contributed by atoms with Crippen molar-refractivity contribution in [3.05, 3.63) is 94.5 Å². The van der Waals surface area contributed by atoms with Crippen LogP contribution >= 0.6 is 11.6 Å². The van der Waals surface area contributed by atoms with E-state index in [2.05, 4.69) is 29.6 Å². The predicted octanol–water partition coefficient (Wildman–Crippen LogP) is 5.65. The van der Waals surface area contributed by atoms with Crippen molar-refractivity contribution in [2.24, 2.45) is 0 Å². The van der Waals surface area contributed by atoms with Crippen molar-refractivity contribution >= 4 is 23.6 Å². The van der Waals surface area contributed by atoms with Gasteiger partial charge >= 0.3 is 6.09 Å². The summed E-state index contributed by atoms with van der Waals surface area (Å²) in [6.07, 6.45) is -0.929. The van der Waals surface area contributed by atoms with Crippen LogP contribution in [0.3, 0.4) is 0 Å². The second kappa shape index (κ2) is 13.6. The number of carbonyl (C=O) groups excluding carboxylic acids is 2. The molecule has 8 heteroatoms. The molecular formula is C31H35ClN2O5. The molecule has 3 aromatic carbocycles. The van der Waals surface area contributed by atoms with E-state index >= 15 is 0 Å². The fourth-order valence-electron chi connectivity index (χ4n) is 4.94. The van der Waals surface area contributed by atoms with Crippen LogP contribution in [0.5, 0.6) is 0 Å². The Bertz CT molecular complexity index is 1210. The maximum atomic E-state index is 13.5. The summed E-state index contributed by atoms with van der Waals surface area (Å²) >= 11 is 6.04. The minimum atomic E-state index is -0.851. The van der Waals surface area contributed by atoms with Gasteiger partial charge in [0.25, 0.3) is 0 Å². The van der Waals surface area contributed by atoms with Crippen LogP contribution in [0, 0.1) is 0 Å². The van der Waals surface area contributed by atoms with Gasteiger partial charge in [0.1, 0.15) is 12.6 Å². The molecule has 1 aliphatic rings. The molecule has 0 heterocycles. The van der Waals surface area contributed by atoms with Crippen LogP contribution in [-0.2, 0) is 25.4 Å². The highest BCUT2D eigenvalue weighted by Gasteiger charge is 2.31. The Hall–Kier alpha value is -3.39. The standard InChI is InChI=1S/C31H35ClN2O5/c1-4-37-29(38-5-2)19-34(3)30(35)28(18-21-14-16-22(32)17-15-21)33-31(36)39-20-27-25-12-8-6-10-23(25)24-11-7-9-13-26(24)27/h6-17,27-29H,4-5,18-20H2,1-3H3,(H,33,36). The lowest BCUT2D eigenvalue weighted by atomic mass is 9.98. The summed E-state index contributed by atoms with van der Waals surface area (Å²) in [6.45, 7) is 5.04. The van der Waals surface area contributed by atoms with E-state index in [1.165, 1.54) is 4.90 Å². The zero-order valence-corrected chi connectivity index (χ0v) is 23.3. The summed E-state index contributed by atoms with van der Waals surface area (Å²) in [5, 5.41) is 3.40. The first kappa shape index (κ1) is 28.6. The van der Waals surface area contributed by atoms with Crippen molar-refractivity contribution < 1.29 is 23.8 Å². The molecule has 1 N–H and O–H groups in total. The zero-order valence-electron chi connectivity index (χ0n) is 22.6. The molecule has 3 aromatic rings. The number of ether oxygens (including phenoxy) is 3. The Balaban J connectivity index is 1.46. The summed E-state index contributed by atoms with van der Waals surface area (Å²) in [5.74, 6) is -0.350. The van der Waals surface area contributed by atoms with Gasteiger partial charge in [0, 0.05) is 37.6 Å². The largest absolute Gasteiger partial charge is 0.449 e. The molecule has 0 spiro atoms. The molecule has 7 nitrogen and oxygen atoms in total. The first-order chi connectivity index (χ1) is 18.9. The maximum absolute atomic E-state index is 13.5. The number of halogens is 1. The van der Waals surface area contributed by atoms with Crippen LogP contribution in [0.2, 0.25) is 5.02 Å². The highest BCUT2D eigenvalue weighted by Crippen LogP contribution is 2.44. The van der Waals surface area contributed by atoms with Gasteiger partial charge in [-0.15, -0.1) is 0 Å². The van der Waals surface area contributed by atoms with Gasteiger partial charge in [0.15, 0.2) is 6.29 Å². The van der Waals surface area contributed by atoms with Crippen molar-refractivity contribution in [1.29, 1.82) is 0 Å². The van der Waals surface area contributed by atoms with Gasteiger partial charge in [-0.05, 0) is 53.8 Å². The van der Waals surface area contributed by atoms with Crippen LogP contribution in [0.1, 0.15) is 36.5 Å². The van der Waals surface area contributed by atoms with Crippen LogP contribution < -0.4 is 5.32 Å². The van der Waals surface area contributed by atoms with Crippen LogP contribution in [-0.4, -0.2) is 62.6 Å². The van der Waals surface area contributed by atoms with E-state index in [1.54, 1.807) is 19.2 Å². The fourth-order valence-corrected chi connectivity index (χ4v) is 5.07. The minimum absolute atomic E-state index is 0.0746. The normalized spacial score (nSPS) is 13.1. The molecule has 0 bridgehead atoms. The van der Waals surface area contributed by atoms with Gasteiger partial charge in [-0.25, -0.2) is 4.79 Å². The summed E-state index contributed by atoms with van der Waals surface area (Å²) < 4.78 is 16.9. The molecule has 0 aromatic heterocycles. The number of hydrogen-bond acceptors (Lipinski definition) is 5. The number of hydrogen-bond donors (Lipinski definition) is 1. The molecule has 1 aliphatic carbocycles. The maximum Gasteiger partial charge on any atom is 0.407 e. The first-order valence-electron chi connectivity index (χ1n) is 13.2. The molecule has 1 atom stereocenters. The van der Waals surface area contributed by atoms with Crippen molar-refractivity contribution in [2.75, 3.05) is 33.4 Å². The minimum Gasteiger partial charge on any atom is -0.449 e. The van der Waals surface area contributed by atoms with E-state index in [-0.39, 0.29) is 31.4 Å². The van der Waals surface area contributed by atoms with E-state index in [0.29, 0.717) is 18.2 Å². The molecule has 0 aliphatic heterocycles. The van der Waals surface area contributed by atoms with Gasteiger partial charge in [0.2, 0.25) is 5.91 Å². The average molecular weight is 551 g/mol. The lowest BCUT2D eigenvalue weighted by Crippen LogP contribution is -2.50. The third-order valence-corrected chi connectivity index (χ3v) is 7.04. The highest BCUT2D eigenvalue weighted by molar-refractivity contribution is 6.30. The smallest absolute Gasteiger partial charge is 0.407 e. The number of nitrogens with one attached hydrogen (secondary N) is 1. The molecule has 1 unspecified atom stereocenters. The van der Waals surface area contributed by atoms with Gasteiger partial charge in [-0.1, -0.05) is 72.3 Å².